The van der Waals surface area contributed by atoms with Crippen molar-refractivity contribution in [2.75, 3.05) is 17.7 Å². The first-order valence-electron chi connectivity index (χ1n) is 6.30. The van der Waals surface area contributed by atoms with Gasteiger partial charge in [0.15, 0.2) is 0 Å². The maximum atomic E-state index is 5.97. The van der Waals surface area contributed by atoms with Crippen molar-refractivity contribution in [3.63, 3.8) is 0 Å². The number of nitrogens with one attached hydrogen (secondary N) is 2. The lowest BCUT2D eigenvalue weighted by Gasteiger charge is -2.11. The first-order valence-corrected chi connectivity index (χ1v) is 7.47. The molecule has 0 bridgehead atoms. The van der Waals surface area contributed by atoms with Crippen LogP contribution in [0.1, 0.15) is 13.8 Å². The van der Waals surface area contributed by atoms with Gasteiger partial charge in [0, 0.05) is 17.2 Å². The van der Waals surface area contributed by atoms with Crippen molar-refractivity contribution in [1.29, 1.82) is 0 Å². The molecule has 0 aliphatic heterocycles. The summed E-state index contributed by atoms with van der Waals surface area (Å²) in [5, 5.41) is 6.60. The zero-order valence-corrected chi connectivity index (χ0v) is 14.2. The van der Waals surface area contributed by atoms with Crippen LogP contribution in [-0.2, 0) is 0 Å². The lowest BCUT2D eigenvalue weighted by Crippen LogP contribution is -2.11. The van der Waals surface area contributed by atoms with Crippen molar-refractivity contribution in [3.05, 3.63) is 27.7 Å². The van der Waals surface area contributed by atoms with Crippen molar-refractivity contribution < 1.29 is 4.74 Å². The topological polar surface area (TPSA) is 72.0 Å². The minimum Gasteiger partial charge on any atom is -0.461 e. The summed E-state index contributed by atoms with van der Waals surface area (Å²) in [6.07, 6.45) is -0.0189. The number of hydrogen-bond donors (Lipinski definition) is 2. The van der Waals surface area contributed by atoms with Gasteiger partial charge in [-0.25, -0.2) is 0 Å². The van der Waals surface area contributed by atoms with Gasteiger partial charge in [0.25, 0.3) is 0 Å². The summed E-state index contributed by atoms with van der Waals surface area (Å²) in [6.45, 7) is 3.82. The Labute approximate surface area is 136 Å². The number of halogens is 2. The van der Waals surface area contributed by atoms with Crippen LogP contribution >= 0.6 is 27.5 Å². The van der Waals surface area contributed by atoms with E-state index in [-0.39, 0.29) is 12.1 Å². The van der Waals surface area contributed by atoms with E-state index in [0.29, 0.717) is 16.9 Å². The van der Waals surface area contributed by atoms with E-state index in [1.54, 1.807) is 13.1 Å². The molecule has 0 atom stereocenters. The number of nitrogens with zero attached hydrogens (tertiary/aromatic N) is 3. The monoisotopic (exact) mass is 371 g/mol. The van der Waals surface area contributed by atoms with E-state index in [0.717, 1.165) is 10.2 Å². The van der Waals surface area contributed by atoms with Crippen LogP contribution in [0.5, 0.6) is 6.01 Å². The van der Waals surface area contributed by atoms with E-state index in [1.165, 1.54) is 0 Å². The predicted octanol–water partition coefficient (Wildman–Crippen LogP) is 3.86. The van der Waals surface area contributed by atoms with Crippen molar-refractivity contribution in [2.24, 2.45) is 0 Å². The number of benzene rings is 1. The van der Waals surface area contributed by atoms with Crippen molar-refractivity contribution in [3.8, 4) is 6.01 Å². The van der Waals surface area contributed by atoms with E-state index >= 15 is 0 Å². The maximum Gasteiger partial charge on any atom is 0.323 e. The molecule has 0 aliphatic rings. The molecule has 6 nitrogen and oxygen atoms in total. The Morgan fingerprint density at radius 3 is 2.52 bits per heavy atom. The molecule has 21 heavy (non-hydrogen) atoms. The van der Waals surface area contributed by atoms with Gasteiger partial charge in [-0.15, -0.1) is 0 Å². The summed E-state index contributed by atoms with van der Waals surface area (Å²) in [6, 6.07) is 5.71. The second kappa shape index (κ2) is 6.91. The highest BCUT2D eigenvalue weighted by molar-refractivity contribution is 9.10. The fraction of sp³-hybridized carbons (Fsp3) is 0.308. The molecular weight excluding hydrogens is 358 g/mol. The van der Waals surface area contributed by atoms with Gasteiger partial charge in [0.1, 0.15) is 0 Å². The average molecular weight is 373 g/mol. The van der Waals surface area contributed by atoms with E-state index in [4.69, 9.17) is 16.3 Å². The van der Waals surface area contributed by atoms with Crippen LogP contribution < -0.4 is 15.4 Å². The maximum absolute atomic E-state index is 5.97. The van der Waals surface area contributed by atoms with Gasteiger partial charge in [0.2, 0.25) is 11.9 Å². The average Bonchev–Trinajstić information content (AvgIpc) is 2.42. The first-order chi connectivity index (χ1) is 9.97. The van der Waals surface area contributed by atoms with Crippen LogP contribution in [-0.4, -0.2) is 28.1 Å². The van der Waals surface area contributed by atoms with Crippen molar-refractivity contribution >= 4 is 45.1 Å². The highest BCUT2D eigenvalue weighted by Crippen LogP contribution is 2.27. The van der Waals surface area contributed by atoms with Crippen LogP contribution in [0.2, 0.25) is 5.02 Å². The molecule has 0 saturated heterocycles. The van der Waals surface area contributed by atoms with Crippen molar-refractivity contribution in [2.45, 2.75) is 20.0 Å². The predicted molar refractivity (Wildman–Crippen MR) is 87.6 cm³/mol. The molecule has 0 fully saturated rings. The van der Waals surface area contributed by atoms with Crippen LogP contribution in [0.4, 0.5) is 17.6 Å². The van der Waals surface area contributed by atoms with E-state index < -0.39 is 0 Å². The number of aromatic nitrogens is 3. The molecule has 0 saturated carbocycles. The third kappa shape index (κ3) is 4.44. The van der Waals surface area contributed by atoms with E-state index in [1.807, 2.05) is 26.0 Å². The largest absolute Gasteiger partial charge is 0.461 e. The summed E-state index contributed by atoms with van der Waals surface area (Å²) >= 11 is 9.34. The van der Waals surface area contributed by atoms with Gasteiger partial charge in [-0.2, -0.15) is 15.0 Å². The highest BCUT2D eigenvalue weighted by atomic mass is 79.9. The Morgan fingerprint density at radius 2 is 1.90 bits per heavy atom. The molecule has 1 aromatic carbocycles. The Bertz CT molecular complexity index is 638. The standard InChI is InChI=1S/C13H15BrClN5O/c1-7(2)21-13-19-11(16-3)18-12(20-13)17-8-4-5-10(15)9(14)6-8/h4-7H,1-3H3,(H2,16,17,18,19,20). The molecule has 2 rings (SSSR count). The molecule has 112 valence electrons. The van der Waals surface area contributed by atoms with Gasteiger partial charge in [-0.3, -0.25) is 0 Å². The summed E-state index contributed by atoms with van der Waals surface area (Å²) in [5.74, 6) is 0.815. The fourth-order valence-corrected chi connectivity index (χ4v) is 1.99. The van der Waals surface area contributed by atoms with Crippen LogP contribution in [0.15, 0.2) is 22.7 Å². The number of hydrogen-bond acceptors (Lipinski definition) is 6. The zero-order chi connectivity index (χ0) is 15.4. The highest BCUT2D eigenvalue weighted by Gasteiger charge is 2.09. The Balaban J connectivity index is 2.27. The molecule has 1 heterocycles. The molecule has 0 unspecified atom stereocenters. The molecular formula is C13H15BrClN5O. The first kappa shape index (κ1) is 15.8. The van der Waals surface area contributed by atoms with Crippen LogP contribution in [0.3, 0.4) is 0 Å². The molecule has 0 amide bonds. The Kier molecular flexibility index (Phi) is 5.19. The van der Waals surface area contributed by atoms with Gasteiger partial charge in [-0.05, 0) is 48.0 Å². The normalized spacial score (nSPS) is 10.6. The minimum absolute atomic E-state index is 0.0189. The van der Waals surface area contributed by atoms with Crippen LogP contribution in [0, 0.1) is 0 Å². The summed E-state index contributed by atoms with van der Waals surface area (Å²) in [5.41, 5.74) is 0.801. The lowest BCUT2D eigenvalue weighted by atomic mass is 10.3. The number of ether oxygens (including phenoxy) is 1. The second-order valence-corrected chi connectivity index (χ2v) is 5.70. The third-order valence-electron chi connectivity index (χ3n) is 2.36. The summed E-state index contributed by atoms with van der Waals surface area (Å²) < 4.78 is 6.29. The molecule has 2 N–H and O–H groups in total. The molecule has 0 aliphatic carbocycles. The minimum atomic E-state index is -0.0189. The fourth-order valence-electron chi connectivity index (χ4n) is 1.49. The summed E-state index contributed by atoms with van der Waals surface area (Å²) in [4.78, 5) is 12.6. The molecule has 8 heteroatoms. The van der Waals surface area contributed by atoms with Gasteiger partial charge in [-0.1, -0.05) is 11.6 Å². The molecule has 0 spiro atoms. The Morgan fingerprint density at radius 1 is 1.19 bits per heavy atom. The van der Waals surface area contributed by atoms with Gasteiger partial charge < -0.3 is 15.4 Å². The molecule has 2 aromatic rings. The SMILES string of the molecule is CNc1nc(Nc2ccc(Cl)c(Br)c2)nc(OC(C)C)n1. The Hall–Kier alpha value is -1.60. The van der Waals surface area contributed by atoms with E-state index in [9.17, 15) is 0 Å². The van der Waals surface area contributed by atoms with E-state index in [2.05, 4.69) is 41.5 Å². The lowest BCUT2D eigenvalue weighted by molar-refractivity contribution is 0.222. The van der Waals surface area contributed by atoms with Gasteiger partial charge >= 0.3 is 6.01 Å². The summed E-state index contributed by atoms with van der Waals surface area (Å²) in [7, 11) is 1.73. The molecule has 0 radical (unpaired) electrons. The smallest absolute Gasteiger partial charge is 0.323 e. The quantitative estimate of drug-likeness (QED) is 0.830. The van der Waals surface area contributed by atoms with Gasteiger partial charge in [0.05, 0.1) is 11.1 Å². The second-order valence-electron chi connectivity index (χ2n) is 4.44. The number of rotatable bonds is 5. The van der Waals surface area contributed by atoms with Crippen LogP contribution in [0.25, 0.3) is 0 Å². The zero-order valence-electron chi connectivity index (χ0n) is 11.8. The third-order valence-corrected chi connectivity index (χ3v) is 3.57. The van der Waals surface area contributed by atoms with Crippen molar-refractivity contribution in [1.82, 2.24) is 15.0 Å². The number of anilines is 3. The molecule has 1 aromatic heterocycles.